The number of carbonyl (C=O) groups is 1. The number of hydrogen-bond donors (Lipinski definition) is 0. The lowest BCUT2D eigenvalue weighted by Crippen LogP contribution is -2.28. The zero-order valence-corrected chi connectivity index (χ0v) is 11.6. The van der Waals surface area contributed by atoms with Crippen LogP contribution < -0.4 is 0 Å². The molecule has 18 heavy (non-hydrogen) atoms. The third kappa shape index (κ3) is 2.92. The van der Waals surface area contributed by atoms with Gasteiger partial charge in [0.05, 0.1) is 6.04 Å². The minimum absolute atomic E-state index is 0.205. The molecule has 0 aliphatic carbocycles. The van der Waals surface area contributed by atoms with Crippen molar-refractivity contribution >= 4 is 5.91 Å². The Morgan fingerprint density at radius 3 is 2.50 bits per heavy atom. The SMILES string of the molecule is CC(C)C[C@@H]1CC(=O)N([C@@H](C)c2ccccc2)C1. The molecular weight excluding hydrogens is 222 g/mol. The Morgan fingerprint density at radius 2 is 1.89 bits per heavy atom. The lowest BCUT2D eigenvalue weighted by molar-refractivity contribution is -0.129. The minimum atomic E-state index is 0.205. The maximum absolute atomic E-state index is 12.1. The molecule has 0 saturated carbocycles. The van der Waals surface area contributed by atoms with Gasteiger partial charge >= 0.3 is 0 Å². The molecule has 1 saturated heterocycles. The monoisotopic (exact) mass is 245 g/mol. The van der Waals surface area contributed by atoms with Gasteiger partial charge in [-0.25, -0.2) is 0 Å². The first kappa shape index (κ1) is 13.1. The molecule has 1 aliphatic rings. The molecule has 0 bridgehead atoms. The van der Waals surface area contributed by atoms with Crippen LogP contribution >= 0.6 is 0 Å². The fraction of sp³-hybridized carbons (Fsp3) is 0.562. The molecule has 1 fully saturated rings. The maximum atomic E-state index is 12.1. The third-order valence-corrected chi connectivity index (χ3v) is 3.79. The average Bonchev–Trinajstić information content (AvgIpc) is 2.69. The van der Waals surface area contributed by atoms with E-state index in [0.717, 1.165) is 19.4 Å². The van der Waals surface area contributed by atoms with Crippen LogP contribution in [0.2, 0.25) is 0 Å². The molecule has 1 aromatic rings. The van der Waals surface area contributed by atoms with E-state index in [-0.39, 0.29) is 6.04 Å². The largest absolute Gasteiger partial charge is 0.336 e. The molecule has 2 heteroatoms. The molecule has 0 radical (unpaired) electrons. The highest BCUT2D eigenvalue weighted by molar-refractivity contribution is 5.79. The molecule has 0 N–H and O–H groups in total. The first-order chi connectivity index (χ1) is 8.58. The van der Waals surface area contributed by atoms with Crippen molar-refractivity contribution in [2.45, 2.75) is 39.7 Å². The Kier molecular flexibility index (Phi) is 4.05. The summed E-state index contributed by atoms with van der Waals surface area (Å²) in [5.41, 5.74) is 1.23. The van der Waals surface area contributed by atoms with Crippen LogP contribution in [0.5, 0.6) is 0 Å². The topological polar surface area (TPSA) is 20.3 Å². The number of likely N-dealkylation sites (tertiary alicyclic amines) is 1. The third-order valence-electron chi connectivity index (χ3n) is 3.79. The zero-order chi connectivity index (χ0) is 13.1. The van der Waals surface area contributed by atoms with Crippen molar-refractivity contribution in [3.8, 4) is 0 Å². The van der Waals surface area contributed by atoms with Gasteiger partial charge in [0, 0.05) is 13.0 Å². The fourth-order valence-corrected chi connectivity index (χ4v) is 2.92. The van der Waals surface area contributed by atoms with Crippen LogP contribution in [0.1, 0.15) is 45.2 Å². The maximum Gasteiger partial charge on any atom is 0.223 e. The highest BCUT2D eigenvalue weighted by Crippen LogP contribution is 2.31. The Bertz CT molecular complexity index is 399. The van der Waals surface area contributed by atoms with E-state index in [1.165, 1.54) is 5.56 Å². The summed E-state index contributed by atoms with van der Waals surface area (Å²) < 4.78 is 0. The quantitative estimate of drug-likeness (QED) is 0.793. The number of carbonyl (C=O) groups excluding carboxylic acids is 1. The van der Waals surface area contributed by atoms with Gasteiger partial charge in [-0.15, -0.1) is 0 Å². The van der Waals surface area contributed by atoms with E-state index >= 15 is 0 Å². The van der Waals surface area contributed by atoms with E-state index in [0.29, 0.717) is 17.7 Å². The zero-order valence-electron chi connectivity index (χ0n) is 11.6. The molecular formula is C16H23NO. The molecule has 1 heterocycles. The van der Waals surface area contributed by atoms with E-state index in [4.69, 9.17) is 0 Å². The Morgan fingerprint density at radius 1 is 1.22 bits per heavy atom. The summed E-state index contributed by atoms with van der Waals surface area (Å²) in [5, 5.41) is 0. The lowest BCUT2D eigenvalue weighted by atomic mass is 9.96. The second-order valence-corrected chi connectivity index (χ2v) is 5.83. The Hall–Kier alpha value is -1.31. The number of benzene rings is 1. The summed E-state index contributed by atoms with van der Waals surface area (Å²) in [6.07, 6.45) is 1.89. The second kappa shape index (κ2) is 5.55. The average molecular weight is 245 g/mol. The van der Waals surface area contributed by atoms with Gasteiger partial charge in [0.25, 0.3) is 0 Å². The van der Waals surface area contributed by atoms with Gasteiger partial charge in [-0.1, -0.05) is 44.2 Å². The van der Waals surface area contributed by atoms with E-state index in [9.17, 15) is 4.79 Å². The number of amides is 1. The Labute approximate surface area is 110 Å². The molecule has 2 atom stereocenters. The van der Waals surface area contributed by atoms with Gasteiger partial charge in [0.1, 0.15) is 0 Å². The standard InChI is InChI=1S/C16H23NO/c1-12(2)9-14-10-16(18)17(11-14)13(3)15-7-5-4-6-8-15/h4-8,12-14H,9-11H2,1-3H3/t13-,14+/m0/s1. The van der Waals surface area contributed by atoms with Gasteiger partial charge in [0.2, 0.25) is 5.91 Å². The molecule has 1 aromatic carbocycles. The van der Waals surface area contributed by atoms with Crippen molar-refractivity contribution in [3.63, 3.8) is 0 Å². The number of rotatable bonds is 4. The smallest absolute Gasteiger partial charge is 0.223 e. The van der Waals surface area contributed by atoms with Gasteiger partial charge in [-0.2, -0.15) is 0 Å². The van der Waals surface area contributed by atoms with Crippen LogP contribution in [0, 0.1) is 11.8 Å². The van der Waals surface area contributed by atoms with Crippen LogP contribution in [-0.2, 0) is 4.79 Å². The van der Waals surface area contributed by atoms with Gasteiger partial charge in [-0.3, -0.25) is 4.79 Å². The van der Waals surface area contributed by atoms with E-state index in [1.54, 1.807) is 0 Å². The van der Waals surface area contributed by atoms with E-state index < -0.39 is 0 Å². The molecule has 0 spiro atoms. The van der Waals surface area contributed by atoms with Crippen molar-refractivity contribution in [3.05, 3.63) is 35.9 Å². The van der Waals surface area contributed by atoms with Crippen LogP contribution in [0.15, 0.2) is 30.3 Å². The van der Waals surface area contributed by atoms with Gasteiger partial charge in [0.15, 0.2) is 0 Å². The molecule has 2 rings (SSSR count). The summed E-state index contributed by atoms with van der Waals surface area (Å²) in [6.45, 7) is 7.51. The van der Waals surface area contributed by atoms with Crippen molar-refractivity contribution < 1.29 is 4.79 Å². The fourth-order valence-electron chi connectivity index (χ4n) is 2.92. The summed E-state index contributed by atoms with van der Waals surface area (Å²) in [5.74, 6) is 1.54. The Balaban J connectivity index is 2.04. The summed E-state index contributed by atoms with van der Waals surface area (Å²) in [4.78, 5) is 14.2. The van der Waals surface area contributed by atoms with Gasteiger partial charge in [-0.05, 0) is 30.7 Å². The van der Waals surface area contributed by atoms with E-state index in [1.807, 2.05) is 23.1 Å². The molecule has 1 amide bonds. The van der Waals surface area contributed by atoms with Crippen LogP contribution in [0.25, 0.3) is 0 Å². The van der Waals surface area contributed by atoms with Gasteiger partial charge < -0.3 is 4.90 Å². The summed E-state index contributed by atoms with van der Waals surface area (Å²) in [6, 6.07) is 10.5. The van der Waals surface area contributed by atoms with Crippen LogP contribution in [0.3, 0.4) is 0 Å². The molecule has 98 valence electrons. The van der Waals surface area contributed by atoms with Crippen LogP contribution in [0.4, 0.5) is 0 Å². The minimum Gasteiger partial charge on any atom is -0.336 e. The van der Waals surface area contributed by atoms with Crippen molar-refractivity contribution in [2.75, 3.05) is 6.54 Å². The summed E-state index contributed by atoms with van der Waals surface area (Å²) >= 11 is 0. The second-order valence-electron chi connectivity index (χ2n) is 5.83. The number of nitrogens with zero attached hydrogens (tertiary/aromatic N) is 1. The first-order valence-electron chi connectivity index (χ1n) is 6.92. The highest BCUT2D eigenvalue weighted by Gasteiger charge is 2.33. The number of hydrogen-bond acceptors (Lipinski definition) is 1. The summed E-state index contributed by atoms with van der Waals surface area (Å²) in [7, 11) is 0. The van der Waals surface area contributed by atoms with Crippen molar-refractivity contribution in [1.82, 2.24) is 4.90 Å². The molecule has 0 aromatic heterocycles. The van der Waals surface area contributed by atoms with E-state index in [2.05, 4.69) is 32.9 Å². The lowest BCUT2D eigenvalue weighted by Gasteiger charge is -2.25. The molecule has 2 nitrogen and oxygen atoms in total. The van der Waals surface area contributed by atoms with Crippen molar-refractivity contribution in [1.29, 1.82) is 0 Å². The molecule has 1 aliphatic heterocycles. The van der Waals surface area contributed by atoms with Crippen molar-refractivity contribution in [2.24, 2.45) is 11.8 Å². The molecule has 0 unspecified atom stereocenters. The van der Waals surface area contributed by atoms with Crippen LogP contribution in [-0.4, -0.2) is 17.4 Å². The predicted molar refractivity (Wildman–Crippen MR) is 74.1 cm³/mol. The normalized spacial score (nSPS) is 21.7. The first-order valence-corrected chi connectivity index (χ1v) is 6.92. The predicted octanol–water partition coefficient (Wildman–Crippen LogP) is 3.64. The highest BCUT2D eigenvalue weighted by atomic mass is 16.2.